The highest BCUT2D eigenvalue weighted by atomic mass is 32.1. The summed E-state index contributed by atoms with van der Waals surface area (Å²) in [6, 6.07) is 0.602. The zero-order valence-electron chi connectivity index (χ0n) is 9.66. The third-order valence-electron chi connectivity index (χ3n) is 2.98. The monoisotopic (exact) mass is 258 g/mol. The molecule has 1 saturated heterocycles. The normalized spacial score (nSPS) is 17.4. The fraction of sp³-hybridized carbons (Fsp3) is 0.700. The van der Waals surface area contributed by atoms with E-state index in [-0.39, 0.29) is 0 Å². The molecule has 0 spiro atoms. The van der Waals surface area contributed by atoms with E-state index < -0.39 is 0 Å². The van der Waals surface area contributed by atoms with Crippen molar-refractivity contribution in [2.45, 2.75) is 23.9 Å². The van der Waals surface area contributed by atoms with E-state index in [4.69, 9.17) is 0 Å². The molecule has 16 heavy (non-hydrogen) atoms. The molecule has 4 nitrogen and oxygen atoms in total. The average Bonchev–Trinajstić information content (AvgIpc) is 2.71. The van der Waals surface area contributed by atoms with Gasteiger partial charge in [0.05, 0.1) is 0 Å². The summed E-state index contributed by atoms with van der Waals surface area (Å²) in [6.07, 6.45) is 2.37. The molecule has 0 bridgehead atoms. The molecule has 0 aliphatic carbocycles. The Balaban J connectivity index is 2.09. The summed E-state index contributed by atoms with van der Waals surface area (Å²) in [7, 11) is 4.03. The first-order valence-electron chi connectivity index (χ1n) is 5.53. The van der Waals surface area contributed by atoms with E-state index in [1.165, 1.54) is 12.8 Å². The average molecular weight is 258 g/mol. The Morgan fingerprint density at radius 3 is 2.75 bits per heavy atom. The van der Waals surface area contributed by atoms with Crippen molar-refractivity contribution < 1.29 is 0 Å². The highest BCUT2D eigenvalue weighted by Gasteiger charge is 2.21. The molecule has 2 rings (SSSR count). The molecule has 1 aromatic heterocycles. The maximum Gasteiger partial charge on any atom is 0.188 e. The molecule has 0 aromatic carbocycles. The summed E-state index contributed by atoms with van der Waals surface area (Å²) in [5.74, 6) is 0. The minimum Gasteiger partial charge on any atom is -0.378 e. The summed E-state index contributed by atoms with van der Waals surface area (Å²) >= 11 is 6.02. The van der Waals surface area contributed by atoms with E-state index >= 15 is 0 Å². The van der Waals surface area contributed by atoms with Crippen molar-refractivity contribution in [1.82, 2.24) is 10.3 Å². The number of thiol groups is 1. The molecule has 1 aromatic rings. The number of nitrogens with one attached hydrogen (secondary N) is 2. The molecule has 1 fully saturated rings. The standard InChI is InChI=1S/C10H18N4S2/c1-11-9-8(15)13-10(16-9)14(2)7-3-5-12-6-4-7/h7,11-12,15H,3-6H2,1-2H3. The smallest absolute Gasteiger partial charge is 0.188 e. The number of nitrogens with zero attached hydrogens (tertiary/aromatic N) is 2. The number of thiazole rings is 1. The third-order valence-corrected chi connectivity index (χ3v) is 4.62. The maximum absolute atomic E-state index is 4.48. The summed E-state index contributed by atoms with van der Waals surface area (Å²) in [4.78, 5) is 6.77. The first-order chi connectivity index (χ1) is 7.72. The molecule has 0 saturated carbocycles. The second-order valence-corrected chi connectivity index (χ2v) is 5.39. The molecular formula is C10H18N4S2. The molecular weight excluding hydrogens is 240 g/mol. The zero-order valence-corrected chi connectivity index (χ0v) is 11.4. The molecule has 2 heterocycles. The van der Waals surface area contributed by atoms with Crippen LogP contribution < -0.4 is 15.5 Å². The van der Waals surface area contributed by atoms with Crippen LogP contribution in [0.5, 0.6) is 0 Å². The van der Waals surface area contributed by atoms with Gasteiger partial charge in [-0.3, -0.25) is 0 Å². The van der Waals surface area contributed by atoms with Gasteiger partial charge in [0.2, 0.25) is 0 Å². The lowest BCUT2D eigenvalue weighted by atomic mass is 10.1. The van der Waals surface area contributed by atoms with Gasteiger partial charge in [-0.1, -0.05) is 11.3 Å². The summed E-state index contributed by atoms with van der Waals surface area (Å²) in [5, 5.41) is 9.38. The Morgan fingerprint density at radius 1 is 1.50 bits per heavy atom. The van der Waals surface area contributed by atoms with Gasteiger partial charge in [-0.25, -0.2) is 4.98 Å². The molecule has 0 radical (unpaired) electrons. The van der Waals surface area contributed by atoms with Crippen molar-refractivity contribution in [2.24, 2.45) is 0 Å². The fourth-order valence-corrected chi connectivity index (χ4v) is 3.23. The fourth-order valence-electron chi connectivity index (χ4n) is 1.96. The Labute approximate surface area is 106 Å². The van der Waals surface area contributed by atoms with Crippen LogP contribution in [0.3, 0.4) is 0 Å². The number of hydrogen-bond donors (Lipinski definition) is 3. The lowest BCUT2D eigenvalue weighted by Gasteiger charge is -2.31. The largest absolute Gasteiger partial charge is 0.378 e. The predicted octanol–water partition coefficient (Wildman–Crippen LogP) is 1.66. The summed E-state index contributed by atoms with van der Waals surface area (Å²) < 4.78 is 0. The molecule has 0 unspecified atom stereocenters. The van der Waals surface area contributed by atoms with Crippen molar-refractivity contribution in [1.29, 1.82) is 0 Å². The Hall–Kier alpha value is -0.460. The van der Waals surface area contributed by atoms with Gasteiger partial charge in [0.15, 0.2) is 5.13 Å². The van der Waals surface area contributed by atoms with Gasteiger partial charge >= 0.3 is 0 Å². The quantitative estimate of drug-likeness (QED) is 0.721. The second kappa shape index (κ2) is 5.25. The highest BCUT2D eigenvalue weighted by molar-refractivity contribution is 7.80. The van der Waals surface area contributed by atoms with Gasteiger partial charge in [0, 0.05) is 20.1 Å². The van der Waals surface area contributed by atoms with Crippen LogP contribution in [0.2, 0.25) is 0 Å². The summed E-state index contributed by atoms with van der Waals surface area (Å²) in [5.41, 5.74) is 0. The molecule has 2 N–H and O–H groups in total. The highest BCUT2D eigenvalue weighted by Crippen LogP contribution is 2.33. The van der Waals surface area contributed by atoms with Gasteiger partial charge in [-0.2, -0.15) is 0 Å². The van der Waals surface area contributed by atoms with Crippen LogP contribution in [0.25, 0.3) is 0 Å². The van der Waals surface area contributed by atoms with Crippen LogP contribution in [-0.2, 0) is 0 Å². The lowest BCUT2D eigenvalue weighted by Crippen LogP contribution is -2.41. The minimum atomic E-state index is 0.602. The van der Waals surface area contributed by atoms with E-state index in [0.29, 0.717) is 6.04 Å². The Morgan fingerprint density at radius 2 is 2.19 bits per heavy atom. The van der Waals surface area contributed by atoms with Crippen LogP contribution in [0.4, 0.5) is 10.1 Å². The Bertz CT molecular complexity index is 347. The minimum absolute atomic E-state index is 0.602. The second-order valence-electron chi connectivity index (χ2n) is 3.99. The number of rotatable bonds is 3. The number of piperidine rings is 1. The van der Waals surface area contributed by atoms with Crippen LogP contribution in [0.15, 0.2) is 5.03 Å². The van der Waals surface area contributed by atoms with Gasteiger partial charge in [-0.05, 0) is 25.9 Å². The van der Waals surface area contributed by atoms with Gasteiger partial charge in [-0.15, -0.1) is 12.6 Å². The van der Waals surface area contributed by atoms with Gasteiger partial charge in [0.25, 0.3) is 0 Å². The van der Waals surface area contributed by atoms with Crippen molar-refractivity contribution in [3.63, 3.8) is 0 Å². The van der Waals surface area contributed by atoms with Crippen molar-refractivity contribution in [2.75, 3.05) is 37.4 Å². The zero-order chi connectivity index (χ0) is 11.5. The molecule has 6 heteroatoms. The van der Waals surface area contributed by atoms with Crippen LogP contribution in [0.1, 0.15) is 12.8 Å². The van der Waals surface area contributed by atoms with Crippen LogP contribution in [-0.4, -0.2) is 38.2 Å². The number of aromatic nitrogens is 1. The van der Waals surface area contributed by atoms with E-state index in [1.807, 2.05) is 7.05 Å². The van der Waals surface area contributed by atoms with Gasteiger partial charge < -0.3 is 15.5 Å². The van der Waals surface area contributed by atoms with Gasteiger partial charge in [0.1, 0.15) is 10.0 Å². The first kappa shape index (κ1) is 12.0. The third kappa shape index (κ3) is 2.44. The molecule has 1 aliphatic heterocycles. The topological polar surface area (TPSA) is 40.2 Å². The SMILES string of the molecule is CNc1sc(N(C)C2CCNCC2)nc1S. The van der Waals surface area contributed by atoms with Crippen molar-refractivity contribution in [3.8, 4) is 0 Å². The van der Waals surface area contributed by atoms with E-state index in [1.54, 1.807) is 11.3 Å². The van der Waals surface area contributed by atoms with E-state index in [0.717, 1.165) is 28.2 Å². The van der Waals surface area contributed by atoms with E-state index in [9.17, 15) is 0 Å². The van der Waals surface area contributed by atoms with Crippen LogP contribution in [0, 0.1) is 0 Å². The van der Waals surface area contributed by atoms with Crippen molar-refractivity contribution in [3.05, 3.63) is 0 Å². The molecule has 1 aliphatic rings. The number of anilines is 2. The lowest BCUT2D eigenvalue weighted by molar-refractivity contribution is 0.443. The summed E-state index contributed by atoms with van der Waals surface area (Å²) in [6.45, 7) is 2.21. The molecule has 90 valence electrons. The molecule has 0 amide bonds. The molecule has 0 atom stereocenters. The van der Waals surface area contributed by atoms with Crippen LogP contribution >= 0.6 is 24.0 Å². The van der Waals surface area contributed by atoms with E-state index in [2.05, 4.69) is 40.2 Å². The first-order valence-corrected chi connectivity index (χ1v) is 6.80. The predicted molar refractivity (Wildman–Crippen MR) is 73.2 cm³/mol. The number of hydrogen-bond acceptors (Lipinski definition) is 6. The maximum atomic E-state index is 4.48. The van der Waals surface area contributed by atoms with Crippen molar-refractivity contribution >= 4 is 34.1 Å². The Kier molecular flexibility index (Phi) is 3.94.